The lowest BCUT2D eigenvalue weighted by Crippen LogP contribution is -2.15. The summed E-state index contributed by atoms with van der Waals surface area (Å²) in [6.45, 7) is 5.36. The highest BCUT2D eigenvalue weighted by atomic mass is 19.1. The van der Waals surface area contributed by atoms with Crippen LogP contribution in [0.5, 0.6) is 11.6 Å². The van der Waals surface area contributed by atoms with Gasteiger partial charge in [0, 0.05) is 17.8 Å². The fraction of sp³-hybridized carbons (Fsp3) is 0.333. The number of halogens is 1. The van der Waals surface area contributed by atoms with Gasteiger partial charge in [-0.15, -0.1) is 0 Å². The topological polar surface area (TPSA) is 47.0 Å². The van der Waals surface area contributed by atoms with Gasteiger partial charge in [0.15, 0.2) is 0 Å². The summed E-state index contributed by atoms with van der Waals surface area (Å²) in [6, 6.07) is 5.11. The third-order valence-corrected chi connectivity index (χ3v) is 2.73. The Labute approximate surface area is 118 Å². The molecule has 0 radical (unpaired) electrons. The fourth-order valence-corrected chi connectivity index (χ4v) is 1.71. The van der Waals surface area contributed by atoms with E-state index in [2.05, 4.69) is 22.2 Å². The van der Waals surface area contributed by atoms with Crippen molar-refractivity contribution in [2.24, 2.45) is 0 Å². The van der Waals surface area contributed by atoms with Crippen molar-refractivity contribution in [2.45, 2.75) is 26.8 Å². The molecule has 1 N–H and O–H groups in total. The Morgan fingerprint density at radius 1 is 1.25 bits per heavy atom. The van der Waals surface area contributed by atoms with Crippen molar-refractivity contribution in [2.75, 3.05) is 6.54 Å². The van der Waals surface area contributed by atoms with E-state index in [1.165, 1.54) is 6.07 Å². The van der Waals surface area contributed by atoms with Gasteiger partial charge in [-0.25, -0.2) is 9.37 Å². The second kappa shape index (κ2) is 6.96. The third kappa shape index (κ3) is 3.99. The van der Waals surface area contributed by atoms with E-state index in [4.69, 9.17) is 4.74 Å². The lowest BCUT2D eigenvalue weighted by Gasteiger charge is -2.10. The molecule has 2 rings (SSSR count). The van der Waals surface area contributed by atoms with Crippen LogP contribution in [0.25, 0.3) is 0 Å². The maximum absolute atomic E-state index is 13.3. The molecule has 106 valence electrons. The molecule has 0 amide bonds. The summed E-state index contributed by atoms with van der Waals surface area (Å²) < 4.78 is 19.0. The van der Waals surface area contributed by atoms with E-state index in [0.29, 0.717) is 23.7 Å². The van der Waals surface area contributed by atoms with Crippen LogP contribution in [-0.4, -0.2) is 16.5 Å². The Balaban J connectivity index is 2.15. The molecular formula is C15H18FN3O. The second-order valence-corrected chi connectivity index (χ2v) is 4.53. The van der Waals surface area contributed by atoms with Crippen molar-refractivity contribution in [1.82, 2.24) is 15.3 Å². The molecule has 0 aromatic carbocycles. The van der Waals surface area contributed by atoms with Crippen LogP contribution in [0.1, 0.15) is 24.6 Å². The Kier molecular flexibility index (Phi) is 5.01. The molecule has 2 aromatic heterocycles. The zero-order valence-electron chi connectivity index (χ0n) is 11.7. The Bertz CT molecular complexity index is 558. The van der Waals surface area contributed by atoms with Crippen molar-refractivity contribution in [3.8, 4) is 11.6 Å². The summed E-state index contributed by atoms with van der Waals surface area (Å²) in [7, 11) is 0. The van der Waals surface area contributed by atoms with E-state index in [9.17, 15) is 4.39 Å². The largest absolute Gasteiger partial charge is 0.437 e. The highest BCUT2D eigenvalue weighted by molar-refractivity contribution is 5.31. The van der Waals surface area contributed by atoms with Gasteiger partial charge >= 0.3 is 0 Å². The molecule has 0 atom stereocenters. The van der Waals surface area contributed by atoms with Crippen LogP contribution < -0.4 is 10.1 Å². The molecule has 0 unspecified atom stereocenters. The zero-order valence-corrected chi connectivity index (χ0v) is 11.7. The number of nitrogens with one attached hydrogen (secondary N) is 1. The molecule has 0 aliphatic carbocycles. The highest BCUT2D eigenvalue weighted by Crippen LogP contribution is 2.23. The predicted octanol–water partition coefficient (Wildman–Crippen LogP) is 3.22. The molecule has 0 saturated heterocycles. The molecule has 20 heavy (non-hydrogen) atoms. The van der Waals surface area contributed by atoms with Crippen LogP contribution >= 0.6 is 0 Å². The number of rotatable bonds is 6. The molecule has 0 bridgehead atoms. The monoisotopic (exact) mass is 275 g/mol. The number of hydrogen-bond acceptors (Lipinski definition) is 4. The minimum absolute atomic E-state index is 0.368. The zero-order chi connectivity index (χ0) is 14.4. The van der Waals surface area contributed by atoms with E-state index in [-0.39, 0.29) is 5.82 Å². The van der Waals surface area contributed by atoms with Gasteiger partial charge in [-0.05, 0) is 38.1 Å². The standard InChI is InChI=1S/C15H18FN3O/c1-3-6-17-8-12-7-13(16)9-19-15(12)20-14-5-4-11(2)18-10-14/h4-5,7,9-10,17H,3,6,8H2,1-2H3. The quantitative estimate of drug-likeness (QED) is 0.822. The van der Waals surface area contributed by atoms with Gasteiger partial charge in [-0.2, -0.15) is 0 Å². The van der Waals surface area contributed by atoms with E-state index >= 15 is 0 Å². The molecule has 0 fully saturated rings. The summed E-state index contributed by atoms with van der Waals surface area (Å²) in [5.41, 5.74) is 1.60. The van der Waals surface area contributed by atoms with Crippen LogP contribution in [0.2, 0.25) is 0 Å². The SMILES string of the molecule is CCCNCc1cc(F)cnc1Oc1ccc(C)nc1. The van der Waals surface area contributed by atoms with Gasteiger partial charge in [-0.1, -0.05) is 6.92 Å². The number of hydrogen-bond donors (Lipinski definition) is 1. The predicted molar refractivity (Wildman–Crippen MR) is 75.2 cm³/mol. The first-order valence-electron chi connectivity index (χ1n) is 6.64. The first kappa shape index (κ1) is 14.4. The van der Waals surface area contributed by atoms with Gasteiger partial charge in [0.1, 0.15) is 11.6 Å². The number of aryl methyl sites for hydroxylation is 1. The van der Waals surface area contributed by atoms with Crippen molar-refractivity contribution >= 4 is 0 Å². The van der Waals surface area contributed by atoms with Gasteiger partial charge in [0.2, 0.25) is 5.88 Å². The Hall–Kier alpha value is -2.01. The Morgan fingerprint density at radius 2 is 2.10 bits per heavy atom. The Morgan fingerprint density at radius 3 is 2.80 bits per heavy atom. The summed E-state index contributed by atoms with van der Waals surface area (Å²) >= 11 is 0. The maximum Gasteiger partial charge on any atom is 0.223 e. The summed E-state index contributed by atoms with van der Waals surface area (Å²) in [4.78, 5) is 8.17. The fourth-order valence-electron chi connectivity index (χ4n) is 1.71. The third-order valence-electron chi connectivity index (χ3n) is 2.73. The number of pyridine rings is 2. The van der Waals surface area contributed by atoms with Crippen molar-refractivity contribution in [1.29, 1.82) is 0 Å². The number of ether oxygens (including phenoxy) is 1. The van der Waals surface area contributed by atoms with E-state index in [1.54, 1.807) is 6.20 Å². The van der Waals surface area contributed by atoms with Gasteiger partial charge < -0.3 is 10.1 Å². The molecule has 0 aliphatic rings. The smallest absolute Gasteiger partial charge is 0.223 e. The van der Waals surface area contributed by atoms with Crippen molar-refractivity contribution in [3.05, 3.63) is 47.7 Å². The van der Waals surface area contributed by atoms with Crippen LogP contribution in [-0.2, 0) is 6.54 Å². The first-order valence-corrected chi connectivity index (χ1v) is 6.64. The lowest BCUT2D eigenvalue weighted by molar-refractivity contribution is 0.446. The van der Waals surface area contributed by atoms with Gasteiger partial charge in [0.05, 0.1) is 12.4 Å². The molecule has 4 nitrogen and oxygen atoms in total. The van der Waals surface area contributed by atoms with Crippen LogP contribution in [0.4, 0.5) is 4.39 Å². The minimum Gasteiger partial charge on any atom is -0.437 e. The van der Waals surface area contributed by atoms with Crippen LogP contribution in [0.15, 0.2) is 30.6 Å². The average molecular weight is 275 g/mol. The number of aromatic nitrogens is 2. The molecule has 2 heterocycles. The van der Waals surface area contributed by atoms with Crippen molar-refractivity contribution in [3.63, 3.8) is 0 Å². The van der Waals surface area contributed by atoms with Gasteiger partial charge in [-0.3, -0.25) is 4.98 Å². The molecule has 5 heteroatoms. The normalized spacial score (nSPS) is 10.6. The first-order chi connectivity index (χ1) is 9.69. The molecule has 0 saturated carbocycles. The average Bonchev–Trinajstić information content (AvgIpc) is 2.44. The summed E-state index contributed by atoms with van der Waals surface area (Å²) in [5, 5.41) is 3.21. The van der Waals surface area contributed by atoms with Gasteiger partial charge in [0.25, 0.3) is 0 Å². The molecule has 0 aliphatic heterocycles. The van der Waals surface area contributed by atoms with Crippen LogP contribution in [0.3, 0.4) is 0 Å². The molecule has 0 spiro atoms. The highest BCUT2D eigenvalue weighted by Gasteiger charge is 2.08. The minimum atomic E-state index is -0.368. The molecular weight excluding hydrogens is 257 g/mol. The van der Waals surface area contributed by atoms with Crippen molar-refractivity contribution < 1.29 is 9.13 Å². The second-order valence-electron chi connectivity index (χ2n) is 4.53. The lowest BCUT2D eigenvalue weighted by atomic mass is 10.2. The van der Waals surface area contributed by atoms with E-state index < -0.39 is 0 Å². The summed E-state index contributed by atoms with van der Waals surface area (Å²) in [5.74, 6) is 0.625. The van der Waals surface area contributed by atoms with E-state index in [1.807, 2.05) is 19.1 Å². The summed E-state index contributed by atoms with van der Waals surface area (Å²) in [6.07, 6.45) is 3.80. The van der Waals surface area contributed by atoms with E-state index in [0.717, 1.165) is 24.9 Å². The van der Waals surface area contributed by atoms with Crippen LogP contribution in [0, 0.1) is 12.7 Å². The molecule has 2 aromatic rings. The number of nitrogens with zero attached hydrogens (tertiary/aromatic N) is 2. The maximum atomic E-state index is 13.3.